The Bertz CT molecular complexity index is 604. The Balaban J connectivity index is 0.00000147. The fraction of sp³-hybridized carbons (Fsp3) is 0.200. The van der Waals surface area contributed by atoms with Crippen LogP contribution in [0, 0.1) is 0 Å². The fourth-order valence-electron chi connectivity index (χ4n) is 2.14. The van der Waals surface area contributed by atoms with E-state index in [1.165, 1.54) is 22.6 Å². The van der Waals surface area contributed by atoms with Crippen LogP contribution in [-0.4, -0.2) is 16.6 Å². The van der Waals surface area contributed by atoms with Crippen LogP contribution >= 0.6 is 24.2 Å². The number of pyridine rings is 1. The van der Waals surface area contributed by atoms with Crippen molar-refractivity contribution < 1.29 is 4.79 Å². The van der Waals surface area contributed by atoms with Gasteiger partial charge >= 0.3 is 0 Å². The van der Waals surface area contributed by atoms with E-state index in [1.54, 1.807) is 24.5 Å². The molecular weight excluding hydrogens is 292 g/mol. The molecule has 0 fully saturated rings. The summed E-state index contributed by atoms with van der Waals surface area (Å²) >= 11 is 1.89. The molecule has 0 bridgehead atoms. The average Bonchev–Trinajstić information content (AvgIpc) is 2.48. The Kier molecular flexibility index (Phi) is 5.04. The van der Waals surface area contributed by atoms with E-state index in [1.807, 2.05) is 17.8 Å². The number of aromatic nitrogens is 1. The molecule has 1 N–H and O–H groups in total. The number of carbonyl (C=O) groups excluding carboxylic acids is 1. The second-order valence-electron chi connectivity index (χ2n) is 4.46. The minimum atomic E-state index is -0.0918. The average molecular weight is 307 g/mol. The van der Waals surface area contributed by atoms with E-state index < -0.39 is 0 Å². The van der Waals surface area contributed by atoms with E-state index in [0.717, 1.165) is 12.1 Å². The molecule has 1 aliphatic heterocycles. The van der Waals surface area contributed by atoms with Crippen molar-refractivity contribution in [3.8, 4) is 0 Å². The van der Waals surface area contributed by atoms with Crippen molar-refractivity contribution in [1.82, 2.24) is 4.98 Å². The summed E-state index contributed by atoms with van der Waals surface area (Å²) in [7, 11) is 0. The van der Waals surface area contributed by atoms with Crippen molar-refractivity contribution in [2.24, 2.45) is 0 Å². The largest absolute Gasteiger partial charge is 0.322 e. The highest BCUT2D eigenvalue weighted by Gasteiger charge is 2.11. The third-order valence-electron chi connectivity index (χ3n) is 3.11. The number of fused-ring (bicyclic) bond motifs is 1. The third kappa shape index (κ3) is 3.32. The first-order valence-corrected chi connectivity index (χ1v) is 7.28. The summed E-state index contributed by atoms with van der Waals surface area (Å²) in [5.41, 5.74) is 2.83. The molecule has 3 rings (SSSR count). The van der Waals surface area contributed by atoms with E-state index in [-0.39, 0.29) is 18.3 Å². The van der Waals surface area contributed by atoms with Gasteiger partial charge in [-0.2, -0.15) is 0 Å². The molecule has 0 saturated carbocycles. The van der Waals surface area contributed by atoms with Crippen LogP contribution in [0.2, 0.25) is 0 Å². The lowest BCUT2D eigenvalue weighted by Crippen LogP contribution is -2.12. The van der Waals surface area contributed by atoms with Gasteiger partial charge in [-0.15, -0.1) is 24.2 Å². The molecule has 2 heterocycles. The minimum Gasteiger partial charge on any atom is -0.322 e. The molecule has 1 aromatic heterocycles. The van der Waals surface area contributed by atoms with Gasteiger partial charge in [-0.1, -0.05) is 0 Å². The zero-order valence-electron chi connectivity index (χ0n) is 10.8. The molecule has 104 valence electrons. The molecule has 0 radical (unpaired) electrons. The van der Waals surface area contributed by atoms with Gasteiger partial charge in [0.1, 0.15) is 0 Å². The Morgan fingerprint density at radius 3 is 2.80 bits per heavy atom. The first-order chi connectivity index (χ1) is 9.33. The number of halogens is 1. The lowest BCUT2D eigenvalue weighted by atomic mass is 10.1. The van der Waals surface area contributed by atoms with Gasteiger partial charge in [-0.3, -0.25) is 9.78 Å². The summed E-state index contributed by atoms with van der Waals surface area (Å²) in [6, 6.07) is 9.57. The van der Waals surface area contributed by atoms with Gasteiger partial charge in [-0.05, 0) is 54.5 Å². The predicted octanol–water partition coefficient (Wildman–Crippen LogP) is 3.79. The van der Waals surface area contributed by atoms with Gasteiger partial charge in [0.2, 0.25) is 0 Å². The molecule has 1 amide bonds. The predicted molar refractivity (Wildman–Crippen MR) is 84.9 cm³/mol. The van der Waals surface area contributed by atoms with E-state index >= 15 is 0 Å². The molecular formula is C15H15ClN2OS. The number of anilines is 1. The summed E-state index contributed by atoms with van der Waals surface area (Å²) in [6.45, 7) is 0. The Hall–Kier alpha value is -1.52. The van der Waals surface area contributed by atoms with Crippen LogP contribution in [-0.2, 0) is 6.42 Å². The molecule has 1 aliphatic rings. The summed E-state index contributed by atoms with van der Waals surface area (Å²) in [6.07, 6.45) is 5.55. The van der Waals surface area contributed by atoms with Crippen LogP contribution in [0.15, 0.2) is 47.6 Å². The highest BCUT2D eigenvalue weighted by Crippen LogP contribution is 2.31. The van der Waals surface area contributed by atoms with Crippen molar-refractivity contribution in [2.75, 3.05) is 11.1 Å². The van der Waals surface area contributed by atoms with Crippen molar-refractivity contribution in [3.05, 3.63) is 53.9 Å². The first kappa shape index (κ1) is 14.9. The maximum absolute atomic E-state index is 12.0. The fourth-order valence-corrected chi connectivity index (χ4v) is 3.16. The second-order valence-corrected chi connectivity index (χ2v) is 5.60. The van der Waals surface area contributed by atoms with Gasteiger partial charge in [0.25, 0.3) is 5.91 Å². The normalized spacial score (nSPS) is 13.0. The van der Waals surface area contributed by atoms with Crippen LogP contribution in [0.25, 0.3) is 0 Å². The number of rotatable bonds is 2. The van der Waals surface area contributed by atoms with Crippen LogP contribution in [0.3, 0.4) is 0 Å². The molecule has 20 heavy (non-hydrogen) atoms. The second kappa shape index (κ2) is 6.77. The highest BCUT2D eigenvalue weighted by atomic mass is 35.5. The Labute approximate surface area is 128 Å². The topological polar surface area (TPSA) is 42.0 Å². The van der Waals surface area contributed by atoms with Crippen molar-refractivity contribution >= 4 is 35.8 Å². The highest BCUT2D eigenvalue weighted by molar-refractivity contribution is 7.99. The molecule has 3 nitrogen and oxygen atoms in total. The zero-order chi connectivity index (χ0) is 13.1. The Morgan fingerprint density at radius 2 is 2.00 bits per heavy atom. The lowest BCUT2D eigenvalue weighted by Gasteiger charge is -2.16. The molecule has 0 saturated heterocycles. The summed E-state index contributed by atoms with van der Waals surface area (Å²) in [5, 5.41) is 2.93. The quantitative estimate of drug-likeness (QED) is 0.917. The molecule has 0 atom stereocenters. The minimum absolute atomic E-state index is 0. The van der Waals surface area contributed by atoms with E-state index in [9.17, 15) is 4.79 Å². The molecule has 0 spiro atoms. The van der Waals surface area contributed by atoms with Crippen LogP contribution in [0.1, 0.15) is 22.3 Å². The maximum atomic E-state index is 12.0. The van der Waals surface area contributed by atoms with Gasteiger partial charge < -0.3 is 5.32 Å². The van der Waals surface area contributed by atoms with E-state index in [2.05, 4.69) is 22.4 Å². The third-order valence-corrected chi connectivity index (χ3v) is 4.31. The van der Waals surface area contributed by atoms with Gasteiger partial charge in [0.15, 0.2) is 0 Å². The first-order valence-electron chi connectivity index (χ1n) is 6.30. The van der Waals surface area contributed by atoms with Crippen LogP contribution < -0.4 is 5.32 Å². The molecule has 0 aliphatic carbocycles. The molecule has 2 aromatic rings. The van der Waals surface area contributed by atoms with Gasteiger partial charge in [0.05, 0.1) is 0 Å². The maximum Gasteiger partial charge on any atom is 0.255 e. The lowest BCUT2D eigenvalue weighted by molar-refractivity contribution is 0.102. The van der Waals surface area contributed by atoms with Crippen molar-refractivity contribution in [3.63, 3.8) is 0 Å². The number of hydrogen-bond donors (Lipinski definition) is 1. The monoisotopic (exact) mass is 306 g/mol. The number of hydrogen-bond acceptors (Lipinski definition) is 3. The number of amides is 1. The van der Waals surface area contributed by atoms with Gasteiger partial charge in [0, 0.05) is 28.5 Å². The number of benzene rings is 1. The van der Waals surface area contributed by atoms with Crippen molar-refractivity contribution in [1.29, 1.82) is 0 Å². The zero-order valence-corrected chi connectivity index (χ0v) is 12.5. The molecule has 0 unspecified atom stereocenters. The number of nitrogens with one attached hydrogen (secondary N) is 1. The standard InChI is InChI=1S/C15H14N2OS.ClH/c18-15(11-5-7-16-8-6-11)17-13-3-4-14-12(10-13)2-1-9-19-14;/h3-8,10H,1-2,9H2,(H,17,18);1H. The number of thioether (sulfide) groups is 1. The molecule has 1 aromatic carbocycles. The molecule has 5 heteroatoms. The van der Waals surface area contributed by atoms with E-state index in [4.69, 9.17) is 0 Å². The van der Waals surface area contributed by atoms with E-state index in [0.29, 0.717) is 5.56 Å². The van der Waals surface area contributed by atoms with Crippen LogP contribution in [0.5, 0.6) is 0 Å². The SMILES string of the molecule is Cl.O=C(Nc1ccc2c(c1)CCCS2)c1ccncc1. The summed E-state index contributed by atoms with van der Waals surface area (Å²) in [4.78, 5) is 17.3. The summed E-state index contributed by atoms with van der Waals surface area (Å²) < 4.78 is 0. The number of aryl methyl sites for hydroxylation is 1. The smallest absolute Gasteiger partial charge is 0.255 e. The van der Waals surface area contributed by atoms with Gasteiger partial charge in [-0.25, -0.2) is 0 Å². The van der Waals surface area contributed by atoms with Crippen molar-refractivity contribution in [2.45, 2.75) is 17.7 Å². The number of carbonyl (C=O) groups is 1. The number of nitrogens with zero attached hydrogens (tertiary/aromatic N) is 1. The Morgan fingerprint density at radius 1 is 1.20 bits per heavy atom. The van der Waals surface area contributed by atoms with Crippen LogP contribution in [0.4, 0.5) is 5.69 Å². The summed E-state index contributed by atoms with van der Waals surface area (Å²) in [5.74, 6) is 1.10.